The number of benzene rings is 3. The molecule has 3 aromatic carbocycles. The minimum atomic E-state index is -0.941. The molecule has 2 heterocycles. The Hall–Kier alpha value is -3.66. The summed E-state index contributed by atoms with van der Waals surface area (Å²) in [6.45, 7) is 4.07. The smallest absolute Gasteiger partial charge is 0.257 e. The Balaban J connectivity index is 1.86. The SMILES string of the molecule is Cc1nn2c(c1C)N=C(c1ccccc1)OC2(c1ccccc1)c1ccccc1. The summed E-state index contributed by atoms with van der Waals surface area (Å²) in [4.78, 5) is 4.88. The summed E-state index contributed by atoms with van der Waals surface area (Å²) in [5.74, 6) is 1.41. The Labute approximate surface area is 170 Å². The highest BCUT2D eigenvalue weighted by Crippen LogP contribution is 2.43. The molecule has 142 valence electrons. The van der Waals surface area contributed by atoms with Gasteiger partial charge in [0, 0.05) is 22.3 Å². The van der Waals surface area contributed by atoms with Crippen molar-refractivity contribution in [3.8, 4) is 0 Å². The van der Waals surface area contributed by atoms with Gasteiger partial charge >= 0.3 is 0 Å². The first kappa shape index (κ1) is 17.4. The van der Waals surface area contributed by atoms with Crippen molar-refractivity contribution in [3.05, 3.63) is 119 Å². The van der Waals surface area contributed by atoms with E-state index in [1.54, 1.807) is 0 Å². The summed E-state index contributed by atoms with van der Waals surface area (Å²) in [5.41, 5.74) is 3.99. The van der Waals surface area contributed by atoms with E-state index in [-0.39, 0.29) is 0 Å². The van der Waals surface area contributed by atoms with Crippen LogP contribution in [0.2, 0.25) is 0 Å². The van der Waals surface area contributed by atoms with Crippen molar-refractivity contribution >= 4 is 11.7 Å². The molecule has 0 spiro atoms. The normalized spacial score (nSPS) is 14.6. The van der Waals surface area contributed by atoms with Crippen molar-refractivity contribution in [2.75, 3.05) is 0 Å². The van der Waals surface area contributed by atoms with E-state index in [2.05, 4.69) is 31.2 Å². The lowest BCUT2D eigenvalue weighted by Gasteiger charge is -2.39. The van der Waals surface area contributed by atoms with E-state index in [0.29, 0.717) is 5.90 Å². The Morgan fingerprint density at radius 3 is 1.79 bits per heavy atom. The Kier molecular flexibility index (Phi) is 4.06. The first-order valence-electron chi connectivity index (χ1n) is 9.71. The third-order valence-corrected chi connectivity index (χ3v) is 5.43. The van der Waals surface area contributed by atoms with Gasteiger partial charge in [0.2, 0.25) is 5.90 Å². The molecule has 0 aliphatic carbocycles. The number of hydrogen-bond donors (Lipinski definition) is 0. The van der Waals surface area contributed by atoms with Crippen LogP contribution < -0.4 is 0 Å². The van der Waals surface area contributed by atoms with Gasteiger partial charge in [0.25, 0.3) is 5.72 Å². The minimum absolute atomic E-state index is 0.591. The lowest BCUT2D eigenvalue weighted by Crippen LogP contribution is -2.44. The predicted molar refractivity (Wildman–Crippen MR) is 114 cm³/mol. The standard InChI is InChI=1S/C25H21N3O/c1-18-19(2)27-28-23(18)26-24(20-12-6-3-7-13-20)29-25(28,21-14-8-4-9-15-21)22-16-10-5-11-17-22/h3-17H,1-2H3. The van der Waals surface area contributed by atoms with Gasteiger partial charge in [-0.15, -0.1) is 0 Å². The average Bonchev–Trinajstić information content (AvgIpc) is 3.09. The van der Waals surface area contributed by atoms with Gasteiger partial charge in [-0.05, 0) is 26.0 Å². The minimum Gasteiger partial charge on any atom is -0.440 e. The van der Waals surface area contributed by atoms with Crippen LogP contribution in [0.15, 0.2) is 96.0 Å². The quantitative estimate of drug-likeness (QED) is 0.481. The lowest BCUT2D eigenvalue weighted by atomic mass is 9.93. The van der Waals surface area contributed by atoms with Crippen LogP contribution in [0, 0.1) is 13.8 Å². The number of aliphatic imine (C=N–C) groups is 1. The molecule has 1 aliphatic rings. The number of ether oxygens (including phenoxy) is 1. The maximum absolute atomic E-state index is 6.78. The zero-order valence-corrected chi connectivity index (χ0v) is 16.4. The molecule has 0 N–H and O–H groups in total. The molecule has 4 nitrogen and oxygen atoms in total. The molecule has 29 heavy (non-hydrogen) atoms. The van der Waals surface area contributed by atoms with Gasteiger partial charge in [0.15, 0.2) is 5.82 Å². The number of aryl methyl sites for hydroxylation is 1. The zero-order valence-electron chi connectivity index (χ0n) is 16.4. The molecule has 4 aromatic rings. The van der Waals surface area contributed by atoms with Gasteiger partial charge in [-0.1, -0.05) is 78.9 Å². The second-order valence-corrected chi connectivity index (χ2v) is 7.21. The highest BCUT2D eigenvalue weighted by Gasteiger charge is 2.45. The van der Waals surface area contributed by atoms with Crippen molar-refractivity contribution in [2.24, 2.45) is 4.99 Å². The molecule has 0 saturated carbocycles. The van der Waals surface area contributed by atoms with Crippen LogP contribution in [0.1, 0.15) is 27.9 Å². The molecule has 1 aliphatic heterocycles. The molecular weight excluding hydrogens is 358 g/mol. The highest BCUT2D eigenvalue weighted by molar-refractivity contribution is 5.97. The summed E-state index contributed by atoms with van der Waals surface area (Å²) in [6, 6.07) is 30.5. The molecule has 0 saturated heterocycles. The van der Waals surface area contributed by atoms with Gasteiger partial charge in [-0.3, -0.25) is 0 Å². The summed E-state index contributed by atoms with van der Waals surface area (Å²) in [6.07, 6.45) is 0. The van der Waals surface area contributed by atoms with E-state index in [1.165, 1.54) is 0 Å². The van der Waals surface area contributed by atoms with Gasteiger partial charge in [-0.2, -0.15) is 14.8 Å². The maximum Gasteiger partial charge on any atom is 0.257 e. The molecule has 4 heteroatoms. The van der Waals surface area contributed by atoms with Crippen LogP contribution in [0.25, 0.3) is 0 Å². The second-order valence-electron chi connectivity index (χ2n) is 7.21. The van der Waals surface area contributed by atoms with Crippen LogP contribution in [-0.4, -0.2) is 15.7 Å². The van der Waals surface area contributed by atoms with Crippen molar-refractivity contribution in [3.63, 3.8) is 0 Å². The number of hydrogen-bond acceptors (Lipinski definition) is 3. The van der Waals surface area contributed by atoms with E-state index in [0.717, 1.165) is 33.8 Å². The van der Waals surface area contributed by atoms with Crippen molar-refractivity contribution in [2.45, 2.75) is 19.6 Å². The van der Waals surface area contributed by atoms with Gasteiger partial charge < -0.3 is 4.74 Å². The fraction of sp³-hybridized carbons (Fsp3) is 0.120. The molecule has 0 atom stereocenters. The van der Waals surface area contributed by atoms with Crippen LogP contribution in [0.3, 0.4) is 0 Å². The maximum atomic E-state index is 6.78. The molecule has 0 bridgehead atoms. The highest BCUT2D eigenvalue weighted by atomic mass is 16.5. The summed E-state index contributed by atoms with van der Waals surface area (Å²) in [5, 5.41) is 4.87. The third kappa shape index (κ3) is 2.68. The fourth-order valence-electron chi connectivity index (χ4n) is 3.81. The lowest BCUT2D eigenvalue weighted by molar-refractivity contribution is 0.0462. The molecule has 1 aromatic heterocycles. The largest absolute Gasteiger partial charge is 0.440 e. The van der Waals surface area contributed by atoms with Crippen molar-refractivity contribution in [1.29, 1.82) is 0 Å². The predicted octanol–water partition coefficient (Wildman–Crippen LogP) is 5.36. The average molecular weight is 379 g/mol. The third-order valence-electron chi connectivity index (χ3n) is 5.43. The van der Waals surface area contributed by atoms with Crippen molar-refractivity contribution < 1.29 is 4.74 Å². The monoisotopic (exact) mass is 379 g/mol. The fourth-order valence-corrected chi connectivity index (χ4v) is 3.81. The molecule has 0 amide bonds. The first-order valence-corrected chi connectivity index (χ1v) is 9.71. The number of rotatable bonds is 3. The number of nitrogens with zero attached hydrogens (tertiary/aromatic N) is 3. The molecule has 0 radical (unpaired) electrons. The summed E-state index contributed by atoms with van der Waals surface area (Å²) < 4.78 is 8.70. The number of aromatic nitrogens is 2. The van der Waals surface area contributed by atoms with Gasteiger partial charge in [-0.25, -0.2) is 0 Å². The Bertz CT molecular complexity index is 1140. The van der Waals surface area contributed by atoms with E-state index < -0.39 is 5.72 Å². The molecule has 0 unspecified atom stereocenters. The molecule has 0 fully saturated rings. The zero-order chi connectivity index (χ0) is 19.8. The van der Waals surface area contributed by atoms with E-state index in [9.17, 15) is 0 Å². The van der Waals surface area contributed by atoms with Crippen LogP contribution in [0.5, 0.6) is 0 Å². The van der Waals surface area contributed by atoms with E-state index in [1.807, 2.05) is 78.3 Å². The van der Waals surface area contributed by atoms with Crippen molar-refractivity contribution in [1.82, 2.24) is 9.78 Å². The Morgan fingerprint density at radius 1 is 0.724 bits per heavy atom. The van der Waals surface area contributed by atoms with Gasteiger partial charge in [0.05, 0.1) is 5.69 Å². The molecule has 5 rings (SSSR count). The van der Waals surface area contributed by atoms with Crippen LogP contribution in [-0.2, 0) is 10.5 Å². The Morgan fingerprint density at radius 2 is 1.24 bits per heavy atom. The van der Waals surface area contributed by atoms with Crippen LogP contribution >= 0.6 is 0 Å². The number of fused-ring (bicyclic) bond motifs is 1. The first-order chi connectivity index (χ1) is 14.2. The summed E-state index contributed by atoms with van der Waals surface area (Å²) in [7, 11) is 0. The van der Waals surface area contributed by atoms with E-state index in [4.69, 9.17) is 14.8 Å². The van der Waals surface area contributed by atoms with E-state index >= 15 is 0 Å². The molecular formula is C25H21N3O. The second kappa shape index (κ2) is 6.74. The van der Waals surface area contributed by atoms with Crippen LogP contribution in [0.4, 0.5) is 5.82 Å². The van der Waals surface area contributed by atoms with Gasteiger partial charge in [0.1, 0.15) is 0 Å². The topological polar surface area (TPSA) is 39.4 Å². The summed E-state index contributed by atoms with van der Waals surface area (Å²) >= 11 is 0.